The molecule has 1 N–H and O–H groups in total. The molecule has 0 bridgehead atoms. The van der Waals surface area contributed by atoms with E-state index in [-0.39, 0.29) is 184 Å². The number of phenols is 1. The summed E-state index contributed by atoms with van der Waals surface area (Å²) in [6.07, 6.45) is 4.63. The topological polar surface area (TPSA) is 236 Å². The molecule has 0 atom stereocenters. The second-order valence-corrected chi connectivity index (χ2v) is 22.0. The Labute approximate surface area is 642 Å². The number of carbonyl (C=O) groups excluding carboxylic acids is 5. The summed E-state index contributed by atoms with van der Waals surface area (Å²) in [5.74, 6) is -1.39. The summed E-state index contributed by atoms with van der Waals surface area (Å²) in [5.41, 5.74) is 3.41. The number of phenolic OH excluding ortho intramolecular Hbond substituents is 1. The first-order chi connectivity index (χ1) is 44.9. The summed E-state index contributed by atoms with van der Waals surface area (Å²) in [4.78, 5) is 79.1. The Morgan fingerprint density at radius 2 is 0.906 bits per heavy atom. The van der Waals surface area contributed by atoms with Gasteiger partial charge in [0.1, 0.15) is 42.7 Å². The van der Waals surface area contributed by atoms with Crippen molar-refractivity contribution in [1.29, 1.82) is 0 Å². The zero-order chi connectivity index (χ0) is 66.1. The van der Waals surface area contributed by atoms with E-state index in [9.17, 15) is 37.5 Å². The van der Waals surface area contributed by atoms with Crippen molar-refractivity contribution in [2.45, 2.75) is 72.0 Å². The molecule has 10 aromatic rings. The maximum absolute atomic E-state index is 15.2. The van der Waals surface area contributed by atoms with Gasteiger partial charge in [0, 0.05) is 43.2 Å². The minimum atomic E-state index is -1.07. The van der Waals surface area contributed by atoms with Crippen molar-refractivity contribution < 1.29 is 185 Å². The molecule has 2 saturated carbocycles. The molecule has 0 saturated heterocycles. The average molecular weight is 1380 g/mol. The number of fused-ring (bicyclic) bond motifs is 2. The van der Waals surface area contributed by atoms with Gasteiger partial charge in [0.25, 0.3) is 6.47 Å². The number of hydrogen-bond acceptors (Lipinski definition) is 17. The third-order valence-electron chi connectivity index (χ3n) is 15.4. The molecular weight excluding hydrogens is 1320 g/mol. The van der Waals surface area contributed by atoms with Gasteiger partial charge in [0.05, 0.1) is 41.5 Å². The van der Waals surface area contributed by atoms with Gasteiger partial charge in [-0.1, -0.05) is 116 Å². The van der Waals surface area contributed by atoms with Crippen LogP contribution in [-0.4, -0.2) is 68.9 Å². The molecule has 8 aromatic carbocycles. The normalized spacial score (nSPS) is 12.4. The van der Waals surface area contributed by atoms with Crippen LogP contribution in [0.15, 0.2) is 183 Å². The Hall–Kier alpha value is -7.37. The van der Waals surface area contributed by atoms with Crippen molar-refractivity contribution in [3.63, 3.8) is 0 Å². The third-order valence-corrected chi connectivity index (χ3v) is 15.7. The second kappa shape index (κ2) is 36.8. The minimum Gasteiger partial charge on any atom is -1.00 e. The van der Waals surface area contributed by atoms with E-state index in [0.717, 1.165) is 28.1 Å². The smallest absolute Gasteiger partial charge is 1.00 e. The van der Waals surface area contributed by atoms with E-state index in [1.165, 1.54) is 92.6 Å². The number of nitrogens with zero attached hydrogens (tertiary/aromatic N) is 4. The van der Waals surface area contributed by atoms with Gasteiger partial charge in [0.2, 0.25) is 5.88 Å². The molecule has 2 aromatic heterocycles. The predicted octanol–water partition coefficient (Wildman–Crippen LogP) is 7.43. The molecule has 24 heteroatoms. The van der Waals surface area contributed by atoms with Crippen LogP contribution < -0.4 is 132 Å². The van der Waals surface area contributed by atoms with Gasteiger partial charge in [-0.15, -0.1) is 0 Å². The van der Waals surface area contributed by atoms with Gasteiger partial charge in [-0.2, -0.15) is 0 Å². The van der Waals surface area contributed by atoms with Crippen LogP contribution in [0.3, 0.4) is 0 Å². The van der Waals surface area contributed by atoms with E-state index in [2.05, 4.69) is 24.8 Å². The number of rotatable bonds is 23. The number of ether oxygens (including phenoxy) is 5. The average Bonchev–Trinajstić information content (AvgIpc) is 1.71. The molecular formula is C72H63ClF4K2N4O13. The fourth-order valence-corrected chi connectivity index (χ4v) is 10.2. The molecule has 0 aliphatic heterocycles. The molecule has 2 aliphatic rings. The van der Waals surface area contributed by atoms with Gasteiger partial charge in [-0.25, -0.2) is 37.5 Å². The zero-order valence-corrected chi connectivity index (χ0v) is 59.0. The number of aromatic nitrogens is 4. The molecule has 12 rings (SSSR count). The summed E-state index contributed by atoms with van der Waals surface area (Å²) >= 11 is 6.06. The Balaban J connectivity index is 0.000000272. The molecule has 2 aliphatic carbocycles. The van der Waals surface area contributed by atoms with Crippen LogP contribution in [0, 0.1) is 34.1 Å². The molecule has 0 amide bonds. The molecule has 17 nitrogen and oxygen atoms in total. The van der Waals surface area contributed by atoms with Gasteiger partial charge < -0.3 is 40.4 Å². The summed E-state index contributed by atoms with van der Waals surface area (Å²) in [6.45, 7) is 0.613. The SMILES string of the molecule is C.COc1cc2c(Cl)ncnc2cc1OCc1ccccc1.COc1cc2c(Oc3ccc(CC(=O)C4(C(=O)Cc5ccc(F)cc5)CC4)cc3F)ncnc2cc1OCc1ccccc1.O=C(Cc1ccc(F)cc1)C1(C(=O)Cc2ccc(O)c(F)c2)CC1.O=CO[O-].[H-].[K+].[K+]. The van der Waals surface area contributed by atoms with Crippen molar-refractivity contribution in [2.24, 2.45) is 10.8 Å². The molecule has 2 fully saturated rings. The first-order valence-electron chi connectivity index (χ1n) is 28.9. The van der Waals surface area contributed by atoms with Gasteiger partial charge in [-0.05, 0) is 120 Å². The predicted molar refractivity (Wildman–Crippen MR) is 339 cm³/mol. The van der Waals surface area contributed by atoms with Crippen molar-refractivity contribution in [1.82, 2.24) is 19.9 Å². The fourth-order valence-electron chi connectivity index (χ4n) is 9.97. The number of carbonyl (C=O) groups is 5. The van der Waals surface area contributed by atoms with Crippen LogP contribution in [0.4, 0.5) is 17.6 Å². The van der Waals surface area contributed by atoms with Crippen molar-refractivity contribution in [3.05, 3.63) is 244 Å². The number of aromatic hydroxyl groups is 1. The largest absolute Gasteiger partial charge is 1.00 e. The molecule has 2 heterocycles. The minimum absolute atomic E-state index is 0. The monoisotopic (exact) mass is 1380 g/mol. The number of ketones is 4. The van der Waals surface area contributed by atoms with E-state index in [1.54, 1.807) is 31.4 Å². The molecule has 0 spiro atoms. The Bertz CT molecular complexity index is 4320. The van der Waals surface area contributed by atoms with Crippen LogP contribution >= 0.6 is 11.6 Å². The molecule has 96 heavy (non-hydrogen) atoms. The summed E-state index contributed by atoms with van der Waals surface area (Å²) in [7, 11) is 3.11. The van der Waals surface area contributed by atoms with Crippen LogP contribution in [0.1, 0.15) is 67.9 Å². The standard InChI is InChI=1S/C35H28F2N2O5.C19H16F2O3.C16H13ClN2O2.CH2O3.CH4.2K.H/c1-42-30-18-26-28(19-31(30)43-20-23-5-3-2-4-6-23)38-21-39-34(26)44-29-12-9-24(15-27(29)37)17-33(41)35(13-14-35)32(40)16-22-7-10-25(36)11-8-22;20-14-4-1-12(2-5-14)10-17(23)19(7-8-19)18(24)11-13-3-6-16(22)15(21)9-13;1-20-14-7-12-13(18-10-19-16(12)17)8-15(14)21-9-11-5-3-2-4-6-11;2-1-4-3;;;;/h2-12,15,18-19,21H,13-14,16-17,20H2,1H3;1-6,9,22H,7-8,10-11H2;2-8,10H,9H2,1H3;1,3H;1H4;;;/q;;;;;2*+1;-1/p-1. The number of hydrogen-bond donors (Lipinski definition) is 1. The van der Waals surface area contributed by atoms with Gasteiger partial charge in [-0.3, -0.25) is 24.0 Å². The van der Waals surface area contributed by atoms with E-state index in [1.807, 2.05) is 66.7 Å². The van der Waals surface area contributed by atoms with E-state index in [4.69, 9.17) is 45.3 Å². The van der Waals surface area contributed by atoms with Crippen molar-refractivity contribution >= 4 is 63.0 Å². The molecule has 486 valence electrons. The van der Waals surface area contributed by atoms with Crippen LogP contribution in [0.25, 0.3) is 21.8 Å². The number of benzene rings is 8. The van der Waals surface area contributed by atoms with Crippen LogP contribution in [-0.2, 0) is 67.8 Å². The van der Waals surface area contributed by atoms with Crippen LogP contribution in [0.2, 0.25) is 5.15 Å². The first kappa shape index (κ1) is 77.6. The maximum atomic E-state index is 15.2. The van der Waals surface area contributed by atoms with Crippen molar-refractivity contribution in [2.75, 3.05) is 14.2 Å². The van der Waals surface area contributed by atoms with Gasteiger partial charge in [0.15, 0.2) is 69.3 Å². The number of Topliss-reactive ketones (excluding diaryl/α,β-unsaturated/α-hetero) is 4. The Morgan fingerprint density at radius 1 is 0.510 bits per heavy atom. The molecule has 0 unspecified atom stereocenters. The fraction of sp³-hybridized carbons (Fsp3) is 0.208. The summed E-state index contributed by atoms with van der Waals surface area (Å²) < 4.78 is 83.3. The second-order valence-electron chi connectivity index (χ2n) is 21.6. The Morgan fingerprint density at radius 3 is 1.32 bits per heavy atom. The maximum Gasteiger partial charge on any atom is 1.00 e. The van der Waals surface area contributed by atoms with Crippen LogP contribution in [0.5, 0.6) is 40.4 Å². The summed E-state index contributed by atoms with van der Waals surface area (Å²) in [5, 5.41) is 19.2. The first-order valence-corrected chi connectivity index (χ1v) is 29.2. The quantitative estimate of drug-likeness (QED) is 0.0125. The van der Waals surface area contributed by atoms with Gasteiger partial charge >= 0.3 is 103 Å². The third kappa shape index (κ3) is 20.6. The number of methoxy groups -OCH3 is 2. The van der Waals surface area contributed by atoms with E-state index in [0.29, 0.717) is 100 Å². The Kier molecular flexibility index (Phi) is 29.8. The molecule has 0 radical (unpaired) electrons. The van der Waals surface area contributed by atoms with E-state index >= 15 is 4.39 Å². The zero-order valence-electron chi connectivity index (χ0n) is 53.0. The number of halogens is 5. The van der Waals surface area contributed by atoms with E-state index < -0.39 is 34.0 Å². The van der Waals surface area contributed by atoms with Crippen molar-refractivity contribution in [3.8, 4) is 40.4 Å². The summed E-state index contributed by atoms with van der Waals surface area (Å²) in [6, 6.07) is 45.9.